The number of carbonyl (C=O) groups excluding carboxylic acids is 1. The van der Waals surface area contributed by atoms with E-state index in [2.05, 4.69) is 4.98 Å². The van der Waals surface area contributed by atoms with Crippen LogP contribution < -0.4 is 0 Å². The molecule has 1 N–H and O–H groups in total. The molecule has 1 aliphatic rings. The van der Waals surface area contributed by atoms with Gasteiger partial charge < -0.3 is 14.7 Å². The Morgan fingerprint density at radius 2 is 2.19 bits per heavy atom. The number of carbonyl (C=O) groups is 2. The average molecular weight is 292 g/mol. The Labute approximate surface area is 123 Å². The summed E-state index contributed by atoms with van der Waals surface area (Å²) in [5.41, 5.74) is 0.719. The first-order chi connectivity index (χ1) is 9.99. The molecule has 1 fully saturated rings. The Kier molecular flexibility index (Phi) is 4.90. The fourth-order valence-electron chi connectivity index (χ4n) is 2.44. The Bertz CT molecular complexity index is 538. The number of nitrogens with zero attached hydrogens (tertiary/aromatic N) is 2. The fourth-order valence-corrected chi connectivity index (χ4v) is 2.44. The number of carboxylic acids is 1. The summed E-state index contributed by atoms with van der Waals surface area (Å²) in [4.78, 5) is 28.9. The number of likely N-dealkylation sites (N-methyl/N-ethyl adjacent to an activating group) is 1. The van der Waals surface area contributed by atoms with E-state index in [-0.39, 0.29) is 23.3 Å². The summed E-state index contributed by atoms with van der Waals surface area (Å²) < 4.78 is 5.62. The molecule has 0 spiro atoms. The van der Waals surface area contributed by atoms with E-state index in [1.807, 2.05) is 0 Å². The summed E-state index contributed by atoms with van der Waals surface area (Å²) in [7, 11) is 1.71. The van der Waals surface area contributed by atoms with Crippen molar-refractivity contribution in [1.29, 1.82) is 0 Å². The molecule has 0 aromatic carbocycles. The first-order valence-corrected chi connectivity index (χ1v) is 7.07. The molecular formula is C15H20N2O4. The van der Waals surface area contributed by atoms with Gasteiger partial charge in [-0.25, -0.2) is 9.78 Å². The van der Waals surface area contributed by atoms with Crippen molar-refractivity contribution in [1.82, 2.24) is 9.88 Å². The molecule has 1 saturated heterocycles. The van der Waals surface area contributed by atoms with Gasteiger partial charge in [-0.05, 0) is 38.3 Å². The zero-order valence-electron chi connectivity index (χ0n) is 12.3. The Morgan fingerprint density at radius 3 is 2.76 bits per heavy atom. The van der Waals surface area contributed by atoms with E-state index >= 15 is 0 Å². The first kappa shape index (κ1) is 15.4. The molecule has 2 rings (SSSR count). The number of aromatic nitrogens is 1. The third kappa shape index (κ3) is 3.78. The monoisotopic (exact) mass is 292 g/mol. The summed E-state index contributed by atoms with van der Waals surface area (Å²) in [6.45, 7) is 2.86. The van der Waals surface area contributed by atoms with Gasteiger partial charge in [0.1, 0.15) is 5.69 Å². The van der Waals surface area contributed by atoms with Crippen LogP contribution in [0.5, 0.6) is 0 Å². The van der Waals surface area contributed by atoms with E-state index in [1.165, 1.54) is 12.1 Å². The lowest BCUT2D eigenvalue weighted by molar-refractivity contribution is -0.000293. The minimum Gasteiger partial charge on any atom is -0.478 e. The lowest BCUT2D eigenvalue weighted by atomic mass is 10.1. The molecule has 1 aromatic heterocycles. The maximum atomic E-state index is 12.3. The quantitative estimate of drug-likeness (QED) is 0.914. The van der Waals surface area contributed by atoms with E-state index in [9.17, 15) is 9.59 Å². The smallest absolute Gasteiger partial charge is 0.337 e. The highest BCUT2D eigenvalue weighted by Crippen LogP contribution is 2.15. The Morgan fingerprint density at radius 1 is 1.43 bits per heavy atom. The van der Waals surface area contributed by atoms with Crippen LogP contribution in [0.15, 0.2) is 12.1 Å². The van der Waals surface area contributed by atoms with Gasteiger partial charge in [-0.1, -0.05) is 0 Å². The molecule has 114 valence electrons. The van der Waals surface area contributed by atoms with Crippen molar-refractivity contribution in [2.75, 3.05) is 20.2 Å². The third-order valence-electron chi connectivity index (χ3n) is 3.63. The van der Waals surface area contributed by atoms with Crippen molar-refractivity contribution in [3.63, 3.8) is 0 Å². The van der Waals surface area contributed by atoms with Crippen molar-refractivity contribution in [3.8, 4) is 0 Å². The molecule has 0 aliphatic carbocycles. The summed E-state index contributed by atoms with van der Waals surface area (Å²) in [6.07, 6.45) is 3.23. The highest BCUT2D eigenvalue weighted by molar-refractivity contribution is 5.94. The molecule has 0 radical (unpaired) electrons. The van der Waals surface area contributed by atoms with Gasteiger partial charge in [0.2, 0.25) is 0 Å². The second-order valence-electron chi connectivity index (χ2n) is 5.31. The third-order valence-corrected chi connectivity index (χ3v) is 3.63. The molecule has 21 heavy (non-hydrogen) atoms. The minimum absolute atomic E-state index is 0.0760. The van der Waals surface area contributed by atoms with Crippen molar-refractivity contribution >= 4 is 11.9 Å². The van der Waals surface area contributed by atoms with Gasteiger partial charge in [0.25, 0.3) is 5.91 Å². The minimum atomic E-state index is -1.04. The molecular weight excluding hydrogens is 272 g/mol. The van der Waals surface area contributed by atoms with Crippen LogP contribution in [0.3, 0.4) is 0 Å². The van der Waals surface area contributed by atoms with Gasteiger partial charge in [-0.15, -0.1) is 0 Å². The second kappa shape index (κ2) is 6.67. The number of rotatable bonds is 4. The fraction of sp³-hybridized carbons (Fsp3) is 0.533. The van der Waals surface area contributed by atoms with Crippen LogP contribution >= 0.6 is 0 Å². The molecule has 0 bridgehead atoms. The number of carboxylic acid groups (broad SMARTS) is 1. The van der Waals surface area contributed by atoms with Crippen LogP contribution in [0.25, 0.3) is 0 Å². The molecule has 1 aromatic rings. The van der Waals surface area contributed by atoms with Crippen LogP contribution in [0.1, 0.15) is 45.8 Å². The number of aryl methyl sites for hydroxylation is 1. The number of ether oxygens (including phenoxy) is 1. The number of amides is 1. The maximum Gasteiger partial charge on any atom is 0.337 e. The summed E-state index contributed by atoms with van der Waals surface area (Å²) in [5, 5.41) is 8.97. The largest absolute Gasteiger partial charge is 0.478 e. The SMILES string of the molecule is Cc1nc(C(=O)N(C)CC2CCCCO2)ccc1C(=O)O. The molecule has 6 heteroatoms. The van der Waals surface area contributed by atoms with E-state index in [4.69, 9.17) is 9.84 Å². The van der Waals surface area contributed by atoms with E-state index in [0.717, 1.165) is 25.9 Å². The van der Waals surface area contributed by atoms with Crippen LogP contribution in [-0.2, 0) is 4.74 Å². The van der Waals surface area contributed by atoms with E-state index in [0.29, 0.717) is 12.2 Å². The molecule has 1 unspecified atom stereocenters. The maximum absolute atomic E-state index is 12.3. The lowest BCUT2D eigenvalue weighted by Crippen LogP contribution is -2.37. The summed E-state index contributed by atoms with van der Waals surface area (Å²) >= 11 is 0. The lowest BCUT2D eigenvalue weighted by Gasteiger charge is -2.27. The molecule has 1 amide bonds. The zero-order chi connectivity index (χ0) is 15.4. The van der Waals surface area contributed by atoms with Crippen molar-refractivity contribution in [3.05, 3.63) is 29.1 Å². The average Bonchev–Trinajstić information content (AvgIpc) is 2.47. The van der Waals surface area contributed by atoms with Gasteiger partial charge in [0, 0.05) is 20.2 Å². The molecule has 6 nitrogen and oxygen atoms in total. The summed E-state index contributed by atoms with van der Waals surface area (Å²) in [6, 6.07) is 2.87. The molecule has 2 heterocycles. The second-order valence-corrected chi connectivity index (χ2v) is 5.31. The van der Waals surface area contributed by atoms with Crippen LogP contribution in [0.4, 0.5) is 0 Å². The standard InChI is InChI=1S/C15H20N2O4/c1-10-12(15(19)20)6-7-13(16-10)14(18)17(2)9-11-5-3-4-8-21-11/h6-7,11H,3-5,8-9H2,1-2H3,(H,19,20). The highest BCUT2D eigenvalue weighted by atomic mass is 16.5. The van der Waals surface area contributed by atoms with Gasteiger partial charge in [-0.2, -0.15) is 0 Å². The van der Waals surface area contributed by atoms with Crippen molar-refractivity contribution < 1.29 is 19.4 Å². The zero-order valence-corrected chi connectivity index (χ0v) is 12.3. The number of hydrogen-bond acceptors (Lipinski definition) is 4. The summed E-state index contributed by atoms with van der Waals surface area (Å²) in [5.74, 6) is -1.26. The van der Waals surface area contributed by atoms with Crippen LogP contribution in [0, 0.1) is 6.92 Å². The number of aromatic carboxylic acids is 1. The molecule has 1 atom stereocenters. The molecule has 0 saturated carbocycles. The Balaban J connectivity index is 2.04. The number of pyridine rings is 1. The molecule has 1 aliphatic heterocycles. The van der Waals surface area contributed by atoms with E-state index < -0.39 is 5.97 Å². The number of hydrogen-bond donors (Lipinski definition) is 1. The van der Waals surface area contributed by atoms with Crippen molar-refractivity contribution in [2.24, 2.45) is 0 Å². The van der Waals surface area contributed by atoms with E-state index in [1.54, 1.807) is 18.9 Å². The topological polar surface area (TPSA) is 79.7 Å². The normalized spacial score (nSPS) is 18.3. The van der Waals surface area contributed by atoms with Crippen LogP contribution in [-0.4, -0.2) is 53.2 Å². The van der Waals surface area contributed by atoms with Gasteiger partial charge in [-0.3, -0.25) is 4.79 Å². The predicted octanol–water partition coefficient (Wildman–Crippen LogP) is 1.73. The predicted molar refractivity (Wildman–Crippen MR) is 76.5 cm³/mol. The van der Waals surface area contributed by atoms with Gasteiger partial charge in [0.05, 0.1) is 17.4 Å². The highest BCUT2D eigenvalue weighted by Gasteiger charge is 2.21. The van der Waals surface area contributed by atoms with Gasteiger partial charge in [0.15, 0.2) is 0 Å². The first-order valence-electron chi connectivity index (χ1n) is 7.07. The Hall–Kier alpha value is -1.95. The van der Waals surface area contributed by atoms with Gasteiger partial charge >= 0.3 is 5.97 Å². The van der Waals surface area contributed by atoms with Crippen LogP contribution in [0.2, 0.25) is 0 Å². The van der Waals surface area contributed by atoms with Crippen molar-refractivity contribution in [2.45, 2.75) is 32.3 Å².